The van der Waals surface area contributed by atoms with Gasteiger partial charge in [-0.3, -0.25) is 4.90 Å². The normalized spacial score (nSPS) is 21.6. The Labute approximate surface area is 97.3 Å². The molecule has 0 amide bonds. The first-order valence-electron chi connectivity index (χ1n) is 6.20. The monoisotopic (exact) mass is 221 g/mol. The molecule has 0 saturated carbocycles. The van der Waals surface area contributed by atoms with Crippen molar-refractivity contribution in [2.45, 2.75) is 45.7 Å². The van der Waals surface area contributed by atoms with Crippen LogP contribution < -0.4 is 0 Å². The van der Waals surface area contributed by atoms with E-state index in [1.807, 2.05) is 19.1 Å². The number of nitrogens with zero attached hydrogens (tertiary/aromatic N) is 1. The van der Waals surface area contributed by atoms with Gasteiger partial charge in [-0.15, -0.1) is 0 Å². The molecular formula is C14H20FN. The lowest BCUT2D eigenvalue weighted by molar-refractivity contribution is 0.239. The molecular weight excluding hydrogens is 201 g/mol. The molecule has 0 radical (unpaired) electrons. The number of rotatable bonds is 3. The maximum Gasteiger partial charge on any atom is 0.126 e. The van der Waals surface area contributed by atoms with Gasteiger partial charge in [0.2, 0.25) is 0 Å². The summed E-state index contributed by atoms with van der Waals surface area (Å²) in [6.45, 7) is 6.18. The summed E-state index contributed by atoms with van der Waals surface area (Å²) in [7, 11) is 0. The predicted octanol–water partition coefficient (Wildman–Crippen LogP) is 3.51. The summed E-state index contributed by atoms with van der Waals surface area (Å²) in [5.74, 6) is -0.0789. The summed E-state index contributed by atoms with van der Waals surface area (Å²) >= 11 is 0. The molecule has 0 N–H and O–H groups in total. The molecule has 2 rings (SSSR count). The molecule has 0 bridgehead atoms. The highest BCUT2D eigenvalue weighted by Gasteiger charge is 2.23. The summed E-state index contributed by atoms with van der Waals surface area (Å²) in [4.78, 5) is 2.49. The Bertz CT molecular complexity index is 362. The van der Waals surface area contributed by atoms with E-state index in [2.05, 4.69) is 11.8 Å². The van der Waals surface area contributed by atoms with Gasteiger partial charge in [-0.1, -0.05) is 19.1 Å². The minimum atomic E-state index is -0.0789. The fourth-order valence-electron chi connectivity index (χ4n) is 2.61. The van der Waals surface area contributed by atoms with Crippen LogP contribution in [0.3, 0.4) is 0 Å². The van der Waals surface area contributed by atoms with Gasteiger partial charge in [-0.05, 0) is 49.9 Å². The number of likely N-dealkylation sites (tertiary alicyclic amines) is 1. The predicted molar refractivity (Wildman–Crippen MR) is 64.9 cm³/mol. The Balaban J connectivity index is 2.11. The number of hydrogen-bond donors (Lipinski definition) is 0. The van der Waals surface area contributed by atoms with Crippen LogP contribution in [-0.4, -0.2) is 17.5 Å². The van der Waals surface area contributed by atoms with Gasteiger partial charge in [0.05, 0.1) is 0 Å². The van der Waals surface area contributed by atoms with Crippen molar-refractivity contribution in [3.63, 3.8) is 0 Å². The average Bonchev–Trinajstić information content (AvgIpc) is 2.72. The van der Waals surface area contributed by atoms with Crippen LogP contribution in [0.2, 0.25) is 0 Å². The molecule has 1 atom stereocenters. The van der Waals surface area contributed by atoms with Crippen molar-refractivity contribution < 1.29 is 4.39 Å². The second-order valence-corrected chi connectivity index (χ2v) is 4.70. The zero-order chi connectivity index (χ0) is 11.5. The summed E-state index contributed by atoms with van der Waals surface area (Å²) < 4.78 is 13.4. The number of halogens is 1. The fourth-order valence-corrected chi connectivity index (χ4v) is 2.61. The second-order valence-electron chi connectivity index (χ2n) is 4.70. The van der Waals surface area contributed by atoms with Crippen molar-refractivity contribution in [1.29, 1.82) is 0 Å². The van der Waals surface area contributed by atoms with Gasteiger partial charge >= 0.3 is 0 Å². The number of benzene rings is 1. The van der Waals surface area contributed by atoms with Crippen LogP contribution in [0.25, 0.3) is 0 Å². The quantitative estimate of drug-likeness (QED) is 0.755. The van der Waals surface area contributed by atoms with E-state index in [0.29, 0.717) is 6.04 Å². The van der Waals surface area contributed by atoms with Gasteiger partial charge in [-0.2, -0.15) is 0 Å². The van der Waals surface area contributed by atoms with Gasteiger partial charge in [0.1, 0.15) is 5.82 Å². The van der Waals surface area contributed by atoms with Crippen LogP contribution in [0, 0.1) is 12.7 Å². The summed E-state index contributed by atoms with van der Waals surface area (Å²) in [6.07, 6.45) is 3.78. The first kappa shape index (κ1) is 11.6. The Morgan fingerprint density at radius 1 is 1.44 bits per heavy atom. The molecule has 0 aliphatic carbocycles. The number of hydrogen-bond acceptors (Lipinski definition) is 1. The third-order valence-corrected chi connectivity index (χ3v) is 3.72. The average molecular weight is 221 g/mol. The Hall–Kier alpha value is -0.890. The molecule has 1 aromatic carbocycles. The third kappa shape index (κ3) is 2.27. The lowest BCUT2D eigenvalue weighted by Gasteiger charge is -2.24. The SMILES string of the molecule is CCC1CCCN1Cc1cccc(F)c1C. The van der Waals surface area contributed by atoms with Crippen LogP contribution in [-0.2, 0) is 6.54 Å². The second kappa shape index (κ2) is 4.96. The van der Waals surface area contributed by atoms with Gasteiger partial charge < -0.3 is 0 Å². The van der Waals surface area contributed by atoms with Gasteiger partial charge in [0.15, 0.2) is 0 Å². The highest BCUT2D eigenvalue weighted by molar-refractivity contribution is 5.27. The topological polar surface area (TPSA) is 3.24 Å². The lowest BCUT2D eigenvalue weighted by atomic mass is 10.1. The Kier molecular flexibility index (Phi) is 3.59. The molecule has 16 heavy (non-hydrogen) atoms. The lowest BCUT2D eigenvalue weighted by Crippen LogP contribution is -2.28. The molecule has 1 unspecified atom stereocenters. The van der Waals surface area contributed by atoms with E-state index in [0.717, 1.165) is 24.2 Å². The third-order valence-electron chi connectivity index (χ3n) is 3.72. The van der Waals surface area contributed by atoms with Crippen LogP contribution in [0.15, 0.2) is 18.2 Å². The zero-order valence-corrected chi connectivity index (χ0v) is 10.2. The first-order chi connectivity index (χ1) is 7.72. The van der Waals surface area contributed by atoms with Crippen molar-refractivity contribution in [1.82, 2.24) is 4.90 Å². The van der Waals surface area contributed by atoms with Gasteiger partial charge in [-0.25, -0.2) is 4.39 Å². The molecule has 1 aliphatic heterocycles. The molecule has 1 heterocycles. The van der Waals surface area contributed by atoms with Crippen LogP contribution in [0.1, 0.15) is 37.3 Å². The van der Waals surface area contributed by atoms with E-state index in [1.165, 1.54) is 19.3 Å². The molecule has 1 saturated heterocycles. The Morgan fingerprint density at radius 3 is 3.00 bits per heavy atom. The fraction of sp³-hybridized carbons (Fsp3) is 0.571. The van der Waals surface area contributed by atoms with E-state index in [4.69, 9.17) is 0 Å². The van der Waals surface area contributed by atoms with E-state index >= 15 is 0 Å². The van der Waals surface area contributed by atoms with Crippen molar-refractivity contribution in [3.8, 4) is 0 Å². The van der Waals surface area contributed by atoms with E-state index in [9.17, 15) is 4.39 Å². The standard InChI is InChI=1S/C14H20FN/c1-3-13-7-5-9-16(13)10-12-6-4-8-14(15)11(12)2/h4,6,8,13H,3,5,7,9-10H2,1-2H3. The molecule has 1 aliphatic rings. The van der Waals surface area contributed by atoms with Gasteiger partial charge in [0.25, 0.3) is 0 Å². The molecule has 0 spiro atoms. The smallest absolute Gasteiger partial charge is 0.126 e. The zero-order valence-electron chi connectivity index (χ0n) is 10.2. The van der Waals surface area contributed by atoms with Crippen LogP contribution in [0.4, 0.5) is 4.39 Å². The highest BCUT2D eigenvalue weighted by atomic mass is 19.1. The van der Waals surface area contributed by atoms with E-state index in [-0.39, 0.29) is 5.82 Å². The van der Waals surface area contributed by atoms with Crippen molar-refractivity contribution in [2.24, 2.45) is 0 Å². The first-order valence-corrected chi connectivity index (χ1v) is 6.20. The molecule has 1 fully saturated rings. The maximum atomic E-state index is 13.4. The van der Waals surface area contributed by atoms with Gasteiger partial charge in [0, 0.05) is 12.6 Å². The van der Waals surface area contributed by atoms with E-state index in [1.54, 1.807) is 6.07 Å². The molecule has 0 aromatic heterocycles. The molecule has 2 heteroatoms. The van der Waals surface area contributed by atoms with E-state index < -0.39 is 0 Å². The summed E-state index contributed by atoms with van der Waals surface area (Å²) in [5.41, 5.74) is 1.95. The van der Waals surface area contributed by atoms with Crippen LogP contribution >= 0.6 is 0 Å². The van der Waals surface area contributed by atoms with Crippen LogP contribution in [0.5, 0.6) is 0 Å². The largest absolute Gasteiger partial charge is 0.296 e. The van der Waals surface area contributed by atoms with Crippen molar-refractivity contribution in [3.05, 3.63) is 35.1 Å². The van der Waals surface area contributed by atoms with Crippen molar-refractivity contribution in [2.75, 3.05) is 6.54 Å². The Morgan fingerprint density at radius 2 is 2.25 bits per heavy atom. The summed E-state index contributed by atoms with van der Waals surface area (Å²) in [6, 6.07) is 6.10. The molecule has 1 nitrogen and oxygen atoms in total. The minimum absolute atomic E-state index is 0.0789. The maximum absolute atomic E-state index is 13.4. The minimum Gasteiger partial charge on any atom is -0.296 e. The summed E-state index contributed by atoms with van der Waals surface area (Å²) in [5, 5.41) is 0. The van der Waals surface area contributed by atoms with Crippen molar-refractivity contribution >= 4 is 0 Å². The molecule has 1 aromatic rings. The highest BCUT2D eigenvalue weighted by Crippen LogP contribution is 2.23. The molecule has 88 valence electrons.